The summed E-state index contributed by atoms with van der Waals surface area (Å²) >= 11 is 0. The molecular weight excluding hydrogens is 310 g/mol. The van der Waals surface area contributed by atoms with Gasteiger partial charge in [0.2, 0.25) is 5.91 Å². The van der Waals surface area contributed by atoms with Crippen LogP contribution in [0.3, 0.4) is 0 Å². The molecule has 0 bridgehead atoms. The van der Waals surface area contributed by atoms with Crippen molar-refractivity contribution in [3.8, 4) is 0 Å². The highest BCUT2D eigenvalue weighted by atomic mass is 16.5. The third-order valence-electron chi connectivity index (χ3n) is 4.81. The Hall–Kier alpha value is -1.63. The highest BCUT2D eigenvalue weighted by Gasteiger charge is 2.26. The van der Waals surface area contributed by atoms with Crippen LogP contribution >= 0.6 is 0 Å². The van der Waals surface area contributed by atoms with Crippen molar-refractivity contribution in [3.05, 3.63) is 0 Å². The molecule has 3 amide bonds. The van der Waals surface area contributed by atoms with Crippen LogP contribution < -0.4 is 10.6 Å². The van der Waals surface area contributed by atoms with Crippen LogP contribution in [0.25, 0.3) is 0 Å². The summed E-state index contributed by atoms with van der Waals surface area (Å²) in [6, 6.07) is -0.173. The molecular formula is C17H29N3O4. The zero-order valence-corrected chi connectivity index (χ0v) is 14.5. The monoisotopic (exact) mass is 339 g/mol. The van der Waals surface area contributed by atoms with E-state index in [4.69, 9.17) is 4.74 Å². The van der Waals surface area contributed by atoms with Crippen LogP contribution in [0.4, 0.5) is 4.79 Å². The third kappa shape index (κ3) is 6.11. The third-order valence-corrected chi connectivity index (χ3v) is 4.81. The van der Waals surface area contributed by atoms with E-state index in [0.29, 0.717) is 19.6 Å². The number of nitrogens with one attached hydrogen (secondary N) is 2. The van der Waals surface area contributed by atoms with Crippen LogP contribution in [0.5, 0.6) is 0 Å². The lowest BCUT2D eigenvalue weighted by atomic mass is 9.97. The second-order valence-electron chi connectivity index (χ2n) is 6.62. The zero-order valence-electron chi connectivity index (χ0n) is 14.5. The molecule has 1 aliphatic heterocycles. The number of ether oxygens (including phenoxy) is 1. The summed E-state index contributed by atoms with van der Waals surface area (Å²) in [5.74, 6) is -0.385. The molecule has 0 radical (unpaired) electrons. The van der Waals surface area contributed by atoms with E-state index in [0.717, 1.165) is 51.6 Å². The van der Waals surface area contributed by atoms with Gasteiger partial charge in [0.15, 0.2) is 0 Å². The Morgan fingerprint density at radius 3 is 2.38 bits per heavy atom. The molecule has 136 valence electrons. The Morgan fingerprint density at radius 2 is 1.75 bits per heavy atom. The first kappa shape index (κ1) is 18.7. The number of esters is 1. The summed E-state index contributed by atoms with van der Waals surface area (Å²) in [5, 5.41) is 5.24. The minimum atomic E-state index is -0.382. The number of amides is 3. The first-order valence-corrected chi connectivity index (χ1v) is 9.07. The molecule has 2 rings (SSSR count). The molecule has 1 heterocycles. The Morgan fingerprint density at radius 1 is 1.08 bits per heavy atom. The van der Waals surface area contributed by atoms with Crippen molar-refractivity contribution in [2.45, 2.75) is 57.9 Å². The molecule has 24 heavy (non-hydrogen) atoms. The van der Waals surface area contributed by atoms with E-state index in [1.165, 1.54) is 0 Å². The van der Waals surface area contributed by atoms with E-state index in [1.54, 1.807) is 0 Å². The van der Waals surface area contributed by atoms with Gasteiger partial charge < -0.3 is 15.0 Å². The molecule has 1 saturated heterocycles. The molecule has 7 heteroatoms. The van der Waals surface area contributed by atoms with E-state index in [-0.39, 0.29) is 29.9 Å². The molecule has 0 spiro atoms. The summed E-state index contributed by atoms with van der Waals surface area (Å²) in [6.45, 7) is 4.41. The maximum absolute atomic E-state index is 11.9. The van der Waals surface area contributed by atoms with E-state index < -0.39 is 0 Å². The van der Waals surface area contributed by atoms with Crippen LogP contribution in [0.2, 0.25) is 0 Å². The molecule has 1 saturated carbocycles. The highest BCUT2D eigenvalue weighted by Crippen LogP contribution is 2.19. The smallest absolute Gasteiger partial charge is 0.321 e. The fourth-order valence-electron chi connectivity index (χ4n) is 3.39. The quantitative estimate of drug-likeness (QED) is 0.715. The van der Waals surface area contributed by atoms with Crippen molar-refractivity contribution < 1.29 is 19.1 Å². The SMILES string of the molecule is CCOC(=O)C1CCN(CCC(=O)NC(=O)NC2CCCC2)CC1. The van der Waals surface area contributed by atoms with Gasteiger partial charge in [-0.25, -0.2) is 4.79 Å². The lowest BCUT2D eigenvalue weighted by molar-refractivity contribution is -0.149. The summed E-state index contributed by atoms with van der Waals surface area (Å²) < 4.78 is 5.05. The van der Waals surface area contributed by atoms with Crippen molar-refractivity contribution in [2.24, 2.45) is 5.92 Å². The van der Waals surface area contributed by atoms with Crippen molar-refractivity contribution in [3.63, 3.8) is 0 Å². The Kier molecular flexibility index (Phi) is 7.49. The topological polar surface area (TPSA) is 87.7 Å². The van der Waals surface area contributed by atoms with Gasteiger partial charge in [0.1, 0.15) is 0 Å². The lowest BCUT2D eigenvalue weighted by Crippen LogP contribution is -2.45. The zero-order chi connectivity index (χ0) is 17.4. The fraction of sp³-hybridized carbons (Fsp3) is 0.824. The van der Waals surface area contributed by atoms with Crippen LogP contribution in [-0.4, -0.2) is 55.1 Å². The van der Waals surface area contributed by atoms with Gasteiger partial charge in [-0.15, -0.1) is 0 Å². The highest BCUT2D eigenvalue weighted by molar-refractivity contribution is 5.94. The maximum Gasteiger partial charge on any atom is 0.321 e. The number of rotatable bonds is 6. The average Bonchev–Trinajstić information content (AvgIpc) is 3.06. The van der Waals surface area contributed by atoms with Gasteiger partial charge in [0, 0.05) is 19.0 Å². The normalized spacial score (nSPS) is 19.9. The minimum Gasteiger partial charge on any atom is -0.466 e. The predicted molar refractivity (Wildman–Crippen MR) is 89.3 cm³/mol. The van der Waals surface area contributed by atoms with Crippen LogP contribution in [0.1, 0.15) is 51.9 Å². The summed E-state index contributed by atoms with van der Waals surface area (Å²) in [6.07, 6.45) is 6.10. The molecule has 1 aliphatic carbocycles. The van der Waals surface area contributed by atoms with Crippen molar-refractivity contribution in [1.82, 2.24) is 15.5 Å². The van der Waals surface area contributed by atoms with Gasteiger partial charge in [0.25, 0.3) is 0 Å². The number of likely N-dealkylation sites (tertiary alicyclic amines) is 1. The first-order valence-electron chi connectivity index (χ1n) is 9.07. The van der Waals surface area contributed by atoms with E-state index in [2.05, 4.69) is 15.5 Å². The summed E-state index contributed by atoms with van der Waals surface area (Å²) in [5.41, 5.74) is 0. The largest absolute Gasteiger partial charge is 0.466 e. The number of nitrogens with zero attached hydrogens (tertiary/aromatic N) is 1. The number of carbonyl (C=O) groups excluding carboxylic acids is 3. The van der Waals surface area contributed by atoms with Gasteiger partial charge in [-0.2, -0.15) is 0 Å². The maximum atomic E-state index is 11.9. The molecule has 2 fully saturated rings. The molecule has 7 nitrogen and oxygen atoms in total. The Balaban J connectivity index is 1.59. The Bertz CT molecular complexity index is 441. The van der Waals surface area contributed by atoms with Crippen LogP contribution in [0.15, 0.2) is 0 Å². The number of urea groups is 1. The van der Waals surface area contributed by atoms with Crippen LogP contribution in [-0.2, 0) is 14.3 Å². The molecule has 2 N–H and O–H groups in total. The molecule has 0 aromatic heterocycles. The first-order chi connectivity index (χ1) is 11.6. The second-order valence-corrected chi connectivity index (χ2v) is 6.62. The van der Waals surface area contributed by atoms with Gasteiger partial charge in [-0.1, -0.05) is 12.8 Å². The van der Waals surface area contributed by atoms with Crippen molar-refractivity contribution in [2.75, 3.05) is 26.2 Å². The molecule has 0 aromatic carbocycles. The van der Waals surface area contributed by atoms with Gasteiger partial charge in [-0.3, -0.25) is 14.9 Å². The van der Waals surface area contributed by atoms with E-state index in [1.807, 2.05) is 6.92 Å². The molecule has 0 aromatic rings. The van der Waals surface area contributed by atoms with Gasteiger partial charge >= 0.3 is 12.0 Å². The van der Waals surface area contributed by atoms with Gasteiger partial charge in [-0.05, 0) is 45.7 Å². The van der Waals surface area contributed by atoms with Crippen LogP contribution in [0, 0.1) is 5.92 Å². The summed E-state index contributed by atoms with van der Waals surface area (Å²) in [7, 11) is 0. The summed E-state index contributed by atoms with van der Waals surface area (Å²) in [4.78, 5) is 37.4. The van der Waals surface area contributed by atoms with Gasteiger partial charge in [0.05, 0.1) is 12.5 Å². The molecule has 2 aliphatic rings. The number of piperidine rings is 1. The number of imide groups is 1. The average molecular weight is 339 g/mol. The van der Waals surface area contributed by atoms with Crippen molar-refractivity contribution >= 4 is 17.9 Å². The predicted octanol–water partition coefficient (Wildman–Crippen LogP) is 1.42. The Labute approximate surface area is 143 Å². The second kappa shape index (κ2) is 9.61. The number of hydrogen-bond acceptors (Lipinski definition) is 5. The fourth-order valence-corrected chi connectivity index (χ4v) is 3.39. The minimum absolute atomic E-state index is 0.0211. The molecule has 0 unspecified atom stereocenters. The van der Waals surface area contributed by atoms with E-state index in [9.17, 15) is 14.4 Å². The standard InChI is InChI=1S/C17H29N3O4/c1-2-24-16(22)13-7-10-20(11-8-13)12-9-15(21)19-17(23)18-14-5-3-4-6-14/h13-14H,2-12H2,1H3,(H2,18,19,21,23). The number of carbonyl (C=O) groups is 3. The number of hydrogen-bond donors (Lipinski definition) is 2. The molecule has 0 atom stereocenters. The van der Waals surface area contributed by atoms with Crippen molar-refractivity contribution in [1.29, 1.82) is 0 Å². The van der Waals surface area contributed by atoms with E-state index >= 15 is 0 Å². The lowest BCUT2D eigenvalue weighted by Gasteiger charge is -2.30.